The lowest BCUT2D eigenvalue weighted by Gasteiger charge is -2.22. The fourth-order valence-electron chi connectivity index (χ4n) is 2.91. The highest BCUT2D eigenvalue weighted by Gasteiger charge is 2.26. The second kappa shape index (κ2) is 6.32. The largest absolute Gasteiger partial charge is 0.497 e. The van der Waals surface area contributed by atoms with Crippen LogP contribution < -0.4 is 9.47 Å². The van der Waals surface area contributed by atoms with E-state index in [2.05, 4.69) is 11.9 Å². The van der Waals surface area contributed by atoms with E-state index < -0.39 is 5.97 Å². The molecule has 6 heteroatoms. The summed E-state index contributed by atoms with van der Waals surface area (Å²) in [5, 5.41) is 9.36. The quantitative estimate of drug-likeness (QED) is 0.918. The molecule has 0 saturated carbocycles. The molecule has 0 saturated heterocycles. The van der Waals surface area contributed by atoms with E-state index >= 15 is 0 Å². The minimum Gasteiger partial charge on any atom is -0.497 e. The molecule has 1 unspecified atom stereocenters. The zero-order valence-electron chi connectivity index (χ0n) is 13.3. The van der Waals surface area contributed by atoms with Crippen molar-refractivity contribution in [2.24, 2.45) is 5.92 Å². The van der Waals surface area contributed by atoms with Gasteiger partial charge in [-0.15, -0.1) is 0 Å². The number of imidazole rings is 1. The lowest BCUT2D eigenvalue weighted by atomic mass is 9.97. The van der Waals surface area contributed by atoms with Crippen LogP contribution in [0.2, 0.25) is 0 Å². The van der Waals surface area contributed by atoms with Crippen LogP contribution in [0.15, 0.2) is 24.3 Å². The summed E-state index contributed by atoms with van der Waals surface area (Å²) in [7, 11) is 1.60. The number of methoxy groups -OCH3 is 1. The number of nitrogens with zero attached hydrogens (tertiary/aromatic N) is 2. The maximum Gasteiger partial charge on any atom is 0.356 e. The van der Waals surface area contributed by atoms with Crippen LogP contribution in [0.25, 0.3) is 0 Å². The Bertz CT molecular complexity index is 723. The van der Waals surface area contributed by atoms with Gasteiger partial charge in [-0.25, -0.2) is 9.78 Å². The van der Waals surface area contributed by atoms with Crippen LogP contribution in [0, 0.1) is 5.92 Å². The number of hydrogen-bond acceptors (Lipinski definition) is 4. The Morgan fingerprint density at radius 3 is 2.96 bits per heavy atom. The molecule has 0 aliphatic carbocycles. The van der Waals surface area contributed by atoms with Gasteiger partial charge < -0.3 is 19.1 Å². The molecule has 6 nitrogen and oxygen atoms in total. The fourth-order valence-corrected chi connectivity index (χ4v) is 2.91. The Morgan fingerprint density at radius 2 is 2.22 bits per heavy atom. The lowest BCUT2D eigenvalue weighted by Crippen LogP contribution is -2.20. The van der Waals surface area contributed by atoms with Crippen molar-refractivity contribution < 1.29 is 19.4 Å². The van der Waals surface area contributed by atoms with Crippen LogP contribution in [0.5, 0.6) is 11.5 Å². The molecule has 1 aromatic heterocycles. The highest BCUT2D eigenvalue weighted by Crippen LogP contribution is 2.26. The number of aromatic carboxylic acids is 1. The van der Waals surface area contributed by atoms with Gasteiger partial charge in [-0.05, 0) is 30.9 Å². The summed E-state index contributed by atoms with van der Waals surface area (Å²) in [6.07, 6.45) is 1.77. The smallest absolute Gasteiger partial charge is 0.356 e. The topological polar surface area (TPSA) is 73.6 Å². The summed E-state index contributed by atoms with van der Waals surface area (Å²) in [6, 6.07) is 7.32. The maximum atomic E-state index is 11.4. The first-order valence-electron chi connectivity index (χ1n) is 7.67. The molecule has 2 aromatic rings. The van der Waals surface area contributed by atoms with Gasteiger partial charge in [0.2, 0.25) is 0 Å². The van der Waals surface area contributed by atoms with Gasteiger partial charge in [0.25, 0.3) is 0 Å². The van der Waals surface area contributed by atoms with Crippen molar-refractivity contribution in [2.75, 3.05) is 7.11 Å². The lowest BCUT2D eigenvalue weighted by molar-refractivity contribution is 0.0688. The normalized spacial score (nSPS) is 16.7. The van der Waals surface area contributed by atoms with Gasteiger partial charge in [-0.3, -0.25) is 0 Å². The zero-order valence-corrected chi connectivity index (χ0v) is 13.3. The molecule has 1 aliphatic heterocycles. The predicted octanol–water partition coefficient (Wildman–Crippen LogP) is 2.75. The second-order valence-electron chi connectivity index (χ2n) is 5.85. The third kappa shape index (κ3) is 3.16. The molecule has 2 heterocycles. The minimum absolute atomic E-state index is 0.154. The number of rotatable bonds is 5. The third-order valence-electron chi connectivity index (χ3n) is 4.15. The van der Waals surface area contributed by atoms with Crippen molar-refractivity contribution in [1.29, 1.82) is 0 Å². The number of carboxylic acid groups (broad SMARTS) is 1. The van der Waals surface area contributed by atoms with Crippen molar-refractivity contribution in [3.05, 3.63) is 41.5 Å². The van der Waals surface area contributed by atoms with Crippen LogP contribution in [-0.4, -0.2) is 27.7 Å². The molecule has 122 valence electrons. The number of carbonyl (C=O) groups is 1. The summed E-state index contributed by atoms with van der Waals surface area (Å²) in [5.41, 5.74) is 0.960. The molecule has 0 spiro atoms. The van der Waals surface area contributed by atoms with Crippen LogP contribution >= 0.6 is 0 Å². The molecule has 0 fully saturated rings. The van der Waals surface area contributed by atoms with Crippen LogP contribution in [0.4, 0.5) is 0 Å². The van der Waals surface area contributed by atoms with Crippen molar-refractivity contribution in [3.63, 3.8) is 0 Å². The number of fused-ring (bicyclic) bond motifs is 1. The van der Waals surface area contributed by atoms with E-state index in [-0.39, 0.29) is 12.3 Å². The number of benzene rings is 1. The zero-order chi connectivity index (χ0) is 16.4. The summed E-state index contributed by atoms with van der Waals surface area (Å²) < 4.78 is 12.9. The molecule has 3 rings (SSSR count). The van der Waals surface area contributed by atoms with Crippen LogP contribution in [0.1, 0.15) is 35.4 Å². The first kappa shape index (κ1) is 15.4. The van der Waals surface area contributed by atoms with Gasteiger partial charge in [0.05, 0.1) is 12.8 Å². The standard InChI is InChI=1S/C17H20N2O4/c1-11-6-7-19-14(8-11)16(17(20)21)18-15(19)10-23-13-5-3-4-12(9-13)22-2/h3-5,9,11H,6-8,10H2,1-2H3,(H,20,21). The highest BCUT2D eigenvalue weighted by atomic mass is 16.5. The van der Waals surface area contributed by atoms with E-state index in [1.54, 1.807) is 13.2 Å². The number of carboxylic acids is 1. The molecular weight excluding hydrogens is 296 g/mol. The highest BCUT2D eigenvalue weighted by molar-refractivity contribution is 5.87. The van der Waals surface area contributed by atoms with E-state index in [9.17, 15) is 9.90 Å². The molecule has 0 radical (unpaired) electrons. The van der Waals surface area contributed by atoms with E-state index in [1.165, 1.54) is 0 Å². The van der Waals surface area contributed by atoms with Gasteiger partial charge >= 0.3 is 5.97 Å². The van der Waals surface area contributed by atoms with Crippen molar-refractivity contribution >= 4 is 5.97 Å². The van der Waals surface area contributed by atoms with Crippen molar-refractivity contribution in [3.8, 4) is 11.5 Å². The summed E-state index contributed by atoms with van der Waals surface area (Å²) in [5.74, 6) is 1.54. The molecule has 1 aliphatic rings. The third-order valence-corrected chi connectivity index (χ3v) is 4.15. The number of aromatic nitrogens is 2. The van der Waals surface area contributed by atoms with Gasteiger partial charge in [0.1, 0.15) is 23.9 Å². The van der Waals surface area contributed by atoms with E-state index in [4.69, 9.17) is 9.47 Å². The fraction of sp³-hybridized carbons (Fsp3) is 0.412. The minimum atomic E-state index is -0.976. The van der Waals surface area contributed by atoms with Gasteiger partial charge in [0, 0.05) is 12.6 Å². The predicted molar refractivity (Wildman–Crippen MR) is 84.0 cm³/mol. The number of hydrogen-bond donors (Lipinski definition) is 1. The second-order valence-corrected chi connectivity index (χ2v) is 5.85. The van der Waals surface area contributed by atoms with Crippen LogP contribution in [0.3, 0.4) is 0 Å². The number of ether oxygens (including phenoxy) is 2. The summed E-state index contributed by atoms with van der Waals surface area (Å²) >= 11 is 0. The Balaban J connectivity index is 1.83. The summed E-state index contributed by atoms with van der Waals surface area (Å²) in [6.45, 7) is 3.16. The summed E-state index contributed by atoms with van der Waals surface area (Å²) in [4.78, 5) is 15.7. The molecule has 0 bridgehead atoms. The van der Waals surface area contributed by atoms with Gasteiger partial charge in [-0.2, -0.15) is 0 Å². The van der Waals surface area contributed by atoms with Gasteiger partial charge in [-0.1, -0.05) is 13.0 Å². The Hall–Kier alpha value is -2.50. The average molecular weight is 316 g/mol. The first-order chi connectivity index (χ1) is 11.1. The SMILES string of the molecule is COc1cccc(OCc2nc(C(=O)O)c3n2CCC(C)C3)c1. The van der Waals surface area contributed by atoms with E-state index in [0.717, 1.165) is 25.1 Å². The average Bonchev–Trinajstić information content (AvgIpc) is 2.91. The monoisotopic (exact) mass is 316 g/mol. The van der Waals surface area contributed by atoms with Crippen molar-refractivity contribution in [2.45, 2.75) is 32.9 Å². The Kier molecular flexibility index (Phi) is 4.23. The van der Waals surface area contributed by atoms with Crippen LogP contribution in [-0.2, 0) is 19.6 Å². The molecule has 0 amide bonds. The molecular formula is C17H20N2O4. The Morgan fingerprint density at radius 1 is 1.43 bits per heavy atom. The first-order valence-corrected chi connectivity index (χ1v) is 7.67. The Labute approximate surface area is 134 Å². The maximum absolute atomic E-state index is 11.4. The van der Waals surface area contributed by atoms with Gasteiger partial charge in [0.15, 0.2) is 5.69 Å². The van der Waals surface area contributed by atoms with Crippen molar-refractivity contribution in [1.82, 2.24) is 9.55 Å². The van der Waals surface area contributed by atoms with E-state index in [0.29, 0.717) is 23.2 Å². The van der Waals surface area contributed by atoms with E-state index in [1.807, 2.05) is 22.8 Å². The molecule has 1 N–H and O–H groups in total. The molecule has 23 heavy (non-hydrogen) atoms. The molecule has 1 aromatic carbocycles. The molecule has 1 atom stereocenters.